The van der Waals surface area contributed by atoms with Gasteiger partial charge in [-0.25, -0.2) is 4.57 Å². The van der Waals surface area contributed by atoms with Crippen LogP contribution in [0.5, 0.6) is 0 Å². The van der Waals surface area contributed by atoms with E-state index in [9.17, 15) is 24.2 Å². The molecule has 0 rings (SSSR count). The van der Waals surface area contributed by atoms with Gasteiger partial charge in [-0.1, -0.05) is 152 Å². The number of aliphatic hydroxyl groups is 1. The van der Waals surface area contributed by atoms with Crippen LogP contribution in [-0.4, -0.2) is 54.3 Å². The highest BCUT2D eigenvalue weighted by molar-refractivity contribution is 7.47. The van der Waals surface area contributed by atoms with E-state index in [0.717, 1.165) is 89.9 Å². The minimum Gasteiger partial charge on any atom is -0.463 e. The smallest absolute Gasteiger partial charge is 0.463 e. The van der Waals surface area contributed by atoms with E-state index in [1.807, 2.05) is 0 Å². The zero-order valence-corrected chi connectivity index (χ0v) is 36.5. The monoisotopic (exact) mass is 808 g/mol. The Morgan fingerprint density at radius 1 is 0.554 bits per heavy atom. The molecule has 0 saturated heterocycles. The fourth-order valence-electron chi connectivity index (χ4n) is 5.77. The zero-order valence-electron chi connectivity index (χ0n) is 35.6. The van der Waals surface area contributed by atoms with Crippen molar-refractivity contribution in [1.82, 2.24) is 5.32 Å². The average Bonchev–Trinajstić information content (AvgIpc) is 3.18. The van der Waals surface area contributed by atoms with Gasteiger partial charge in [0, 0.05) is 19.4 Å². The third-order valence-electron chi connectivity index (χ3n) is 9.17. The van der Waals surface area contributed by atoms with E-state index in [1.165, 1.54) is 70.6 Å². The molecule has 9 nitrogen and oxygen atoms in total. The predicted molar refractivity (Wildman–Crippen MR) is 233 cm³/mol. The number of esters is 1. The summed E-state index contributed by atoms with van der Waals surface area (Å²) in [6.07, 6.45) is 50.0. The van der Waals surface area contributed by atoms with Crippen molar-refractivity contribution in [2.24, 2.45) is 0 Å². The average molecular weight is 808 g/mol. The number of nitrogens with one attached hydrogen (secondary N) is 1. The van der Waals surface area contributed by atoms with Crippen LogP contribution in [0.1, 0.15) is 187 Å². The first kappa shape index (κ1) is 53.7. The van der Waals surface area contributed by atoms with E-state index in [-0.39, 0.29) is 32.1 Å². The van der Waals surface area contributed by atoms with Crippen molar-refractivity contribution >= 4 is 19.7 Å². The highest BCUT2D eigenvalue weighted by Crippen LogP contribution is 2.42. The van der Waals surface area contributed by atoms with Crippen LogP contribution in [0.25, 0.3) is 0 Å². The molecule has 0 aliphatic carbocycles. The summed E-state index contributed by atoms with van der Waals surface area (Å²) < 4.78 is 26.9. The summed E-state index contributed by atoms with van der Waals surface area (Å²) in [6.45, 7) is 3.47. The number of unbranched alkanes of at least 4 members (excludes halogenated alkanes) is 18. The van der Waals surface area contributed by atoms with E-state index >= 15 is 0 Å². The standard InChI is InChI=1S/C46H82NO8P/c1-3-5-7-9-11-13-15-17-19-21-22-23-24-26-28-30-32-34-36-38-45(49)47-40-41-54-56(51,52)55-43-44(48)42-53-46(50)39-37-35-33-31-29-27-25-20-18-16-14-12-10-8-6-4-2/h11,13-14,16-17,19-20,22-23,25,44,48H,3-10,12,15,18,21,24,26-43H2,1-2H3,(H,47,49)(H,51,52)/b13-11-,16-14-,19-17-,23-22-,25-20-. The van der Waals surface area contributed by atoms with Crippen LogP contribution in [0.3, 0.4) is 0 Å². The topological polar surface area (TPSA) is 131 Å². The van der Waals surface area contributed by atoms with Gasteiger partial charge in [0.05, 0.1) is 13.2 Å². The normalized spacial score (nSPS) is 13.9. The summed E-state index contributed by atoms with van der Waals surface area (Å²) in [5, 5.41) is 12.7. The van der Waals surface area contributed by atoms with E-state index in [1.54, 1.807) is 0 Å². The van der Waals surface area contributed by atoms with Gasteiger partial charge >= 0.3 is 13.8 Å². The second-order valence-electron chi connectivity index (χ2n) is 14.7. The molecule has 2 atom stereocenters. The lowest BCUT2D eigenvalue weighted by Crippen LogP contribution is -2.27. The second-order valence-corrected chi connectivity index (χ2v) is 16.1. The van der Waals surface area contributed by atoms with Crippen molar-refractivity contribution in [3.8, 4) is 0 Å². The maximum absolute atomic E-state index is 12.1. The maximum Gasteiger partial charge on any atom is 0.472 e. The molecule has 0 aliphatic rings. The molecule has 3 N–H and O–H groups in total. The molecule has 0 spiro atoms. The fraction of sp³-hybridized carbons (Fsp3) is 0.739. The van der Waals surface area contributed by atoms with Crippen LogP contribution in [0.15, 0.2) is 60.8 Å². The molecular formula is C46H82NO8P. The SMILES string of the molecule is CCCCC/C=C\C/C=C\C/C=C\CCCCCCCCC(=O)NCCOP(=O)(O)OCC(O)COC(=O)CCCCCCC/C=C\C/C=C\CCCCCC. The van der Waals surface area contributed by atoms with Gasteiger partial charge in [0.15, 0.2) is 0 Å². The second kappa shape index (κ2) is 42.3. The number of hydrogen-bond acceptors (Lipinski definition) is 7. The first-order valence-electron chi connectivity index (χ1n) is 22.3. The van der Waals surface area contributed by atoms with Crippen molar-refractivity contribution < 1.29 is 37.9 Å². The van der Waals surface area contributed by atoms with Gasteiger partial charge in [-0.05, 0) is 83.5 Å². The van der Waals surface area contributed by atoms with Gasteiger partial charge in [0.1, 0.15) is 12.7 Å². The molecule has 10 heteroatoms. The number of carbonyl (C=O) groups excluding carboxylic acids is 2. The van der Waals surface area contributed by atoms with E-state index < -0.39 is 26.5 Å². The first-order valence-corrected chi connectivity index (χ1v) is 23.8. The van der Waals surface area contributed by atoms with Crippen LogP contribution < -0.4 is 5.32 Å². The Bertz CT molecular complexity index is 1100. The number of amides is 1. The molecule has 2 unspecified atom stereocenters. The summed E-state index contributed by atoms with van der Waals surface area (Å²) in [7, 11) is -4.43. The Morgan fingerprint density at radius 3 is 1.48 bits per heavy atom. The molecule has 56 heavy (non-hydrogen) atoms. The molecule has 0 fully saturated rings. The molecule has 0 aromatic carbocycles. The Morgan fingerprint density at radius 2 is 0.964 bits per heavy atom. The molecule has 0 radical (unpaired) electrons. The molecule has 0 aromatic heterocycles. The van der Waals surface area contributed by atoms with Gasteiger partial charge in [-0.2, -0.15) is 0 Å². The zero-order chi connectivity index (χ0) is 41.1. The fourth-order valence-corrected chi connectivity index (χ4v) is 6.53. The van der Waals surface area contributed by atoms with Crippen molar-refractivity contribution in [2.45, 2.75) is 193 Å². The van der Waals surface area contributed by atoms with Gasteiger partial charge in [0.2, 0.25) is 5.91 Å². The molecule has 324 valence electrons. The van der Waals surface area contributed by atoms with E-state index in [2.05, 4.69) is 79.9 Å². The molecule has 0 heterocycles. The van der Waals surface area contributed by atoms with Gasteiger partial charge < -0.3 is 20.1 Å². The van der Waals surface area contributed by atoms with Crippen LogP contribution in [-0.2, 0) is 27.9 Å². The molecular weight excluding hydrogens is 725 g/mol. The van der Waals surface area contributed by atoms with Gasteiger partial charge in [-0.3, -0.25) is 18.6 Å². The van der Waals surface area contributed by atoms with Crippen molar-refractivity contribution in [3.63, 3.8) is 0 Å². The minimum atomic E-state index is -4.43. The van der Waals surface area contributed by atoms with Gasteiger partial charge in [0.25, 0.3) is 0 Å². The quantitative estimate of drug-likeness (QED) is 0.0241. The maximum atomic E-state index is 12.1. The largest absolute Gasteiger partial charge is 0.472 e. The molecule has 0 bridgehead atoms. The Kier molecular flexibility index (Phi) is 40.6. The summed E-state index contributed by atoms with van der Waals surface area (Å²) in [5.41, 5.74) is 0. The lowest BCUT2D eigenvalue weighted by Gasteiger charge is -2.15. The van der Waals surface area contributed by atoms with Crippen LogP contribution in [0.2, 0.25) is 0 Å². The number of rotatable bonds is 41. The van der Waals surface area contributed by atoms with Crippen LogP contribution in [0, 0.1) is 0 Å². The number of phosphoric ester groups is 1. The first-order chi connectivity index (χ1) is 27.3. The third kappa shape index (κ3) is 42.8. The summed E-state index contributed by atoms with van der Waals surface area (Å²) >= 11 is 0. The van der Waals surface area contributed by atoms with Crippen LogP contribution in [0.4, 0.5) is 0 Å². The third-order valence-corrected chi connectivity index (χ3v) is 10.2. The highest BCUT2D eigenvalue weighted by Gasteiger charge is 2.23. The van der Waals surface area contributed by atoms with Crippen molar-refractivity contribution in [1.29, 1.82) is 0 Å². The number of aliphatic hydroxyl groups excluding tert-OH is 1. The number of carbonyl (C=O) groups is 2. The molecule has 1 amide bonds. The van der Waals surface area contributed by atoms with Crippen molar-refractivity contribution in [3.05, 3.63) is 60.8 Å². The molecule has 0 aliphatic heterocycles. The Balaban J connectivity index is 3.65. The molecule has 0 aromatic rings. The van der Waals surface area contributed by atoms with Crippen LogP contribution >= 0.6 is 7.82 Å². The van der Waals surface area contributed by atoms with Crippen molar-refractivity contribution in [2.75, 3.05) is 26.4 Å². The summed E-state index contributed by atoms with van der Waals surface area (Å²) in [4.78, 5) is 33.9. The lowest BCUT2D eigenvalue weighted by atomic mass is 10.1. The van der Waals surface area contributed by atoms with E-state index in [0.29, 0.717) is 6.42 Å². The lowest BCUT2D eigenvalue weighted by molar-refractivity contribution is -0.147. The number of ether oxygens (including phenoxy) is 1. The predicted octanol–water partition coefficient (Wildman–Crippen LogP) is 12.5. The van der Waals surface area contributed by atoms with E-state index in [4.69, 9.17) is 13.8 Å². The molecule has 0 saturated carbocycles. The number of phosphoric acid groups is 1. The summed E-state index contributed by atoms with van der Waals surface area (Å²) in [6, 6.07) is 0. The summed E-state index contributed by atoms with van der Waals surface area (Å²) in [5.74, 6) is -0.545. The van der Waals surface area contributed by atoms with Gasteiger partial charge in [-0.15, -0.1) is 0 Å². The number of hydrogen-bond donors (Lipinski definition) is 3. The highest BCUT2D eigenvalue weighted by atomic mass is 31.2. The Labute approximate surface area is 342 Å². The number of allylic oxidation sites excluding steroid dienone is 10. The minimum absolute atomic E-state index is 0.0701. The Hall–Kier alpha value is -2.29.